The molecule has 0 saturated carbocycles. The van der Waals surface area contributed by atoms with E-state index in [1.54, 1.807) is 60.6 Å². The lowest BCUT2D eigenvalue weighted by Crippen LogP contribution is -2.05. The summed E-state index contributed by atoms with van der Waals surface area (Å²) in [5.74, 6) is 0.0376. The van der Waals surface area contributed by atoms with E-state index in [2.05, 4.69) is 20.9 Å². The quantitative estimate of drug-likeness (QED) is 0.383. The molecule has 0 radical (unpaired) electrons. The van der Waals surface area contributed by atoms with Crippen LogP contribution in [0.1, 0.15) is 23.7 Å². The summed E-state index contributed by atoms with van der Waals surface area (Å²) in [5.41, 5.74) is 1.71. The van der Waals surface area contributed by atoms with E-state index in [1.165, 1.54) is 0 Å². The number of thioether (sulfide) groups is 1. The number of nitrogens with zero attached hydrogens (tertiary/aromatic N) is 1. The van der Waals surface area contributed by atoms with Crippen LogP contribution in [0.5, 0.6) is 0 Å². The number of aliphatic hydroxyl groups excluding tert-OH is 2. The molecule has 0 spiro atoms. The third kappa shape index (κ3) is 6.02. The first kappa shape index (κ1) is 20.8. The number of aliphatic hydroxyl groups is 2. The van der Waals surface area contributed by atoms with Crippen molar-refractivity contribution in [3.05, 3.63) is 92.6 Å². The van der Waals surface area contributed by atoms with Crippen LogP contribution in [0.2, 0.25) is 5.02 Å². The average Bonchev–Trinajstić information content (AvgIpc) is 2.68. The fourth-order valence-electron chi connectivity index (χ4n) is 2.28. The minimum Gasteiger partial charge on any atom is -0.507 e. The predicted octanol–water partition coefficient (Wildman–Crippen LogP) is 6.28. The Bertz CT molecular complexity index is 804. The smallest absolute Gasteiger partial charge is 0.125 e. The summed E-state index contributed by atoms with van der Waals surface area (Å²) < 4.78 is 0.994. The summed E-state index contributed by atoms with van der Waals surface area (Å²) in [6.07, 6.45) is 10.3. The van der Waals surface area contributed by atoms with E-state index in [4.69, 9.17) is 11.6 Å². The molecule has 2 rings (SSSR count). The number of hydrogen-bond donors (Lipinski definition) is 2. The highest BCUT2D eigenvalue weighted by atomic mass is 79.9. The van der Waals surface area contributed by atoms with Crippen LogP contribution in [0.15, 0.2) is 76.4 Å². The Labute approximate surface area is 171 Å². The zero-order chi connectivity index (χ0) is 18.9. The Hall–Kier alpha value is -1.53. The second-order valence-corrected chi connectivity index (χ2v) is 8.04. The van der Waals surface area contributed by atoms with Gasteiger partial charge in [0.05, 0.1) is 0 Å². The van der Waals surface area contributed by atoms with E-state index in [9.17, 15) is 10.2 Å². The summed E-state index contributed by atoms with van der Waals surface area (Å²) in [4.78, 5) is 4.04. The molecular weight excluding hydrogens is 434 g/mol. The maximum absolute atomic E-state index is 10.8. The summed E-state index contributed by atoms with van der Waals surface area (Å²) in [6.45, 7) is 0. The van der Waals surface area contributed by atoms with E-state index in [-0.39, 0.29) is 5.76 Å². The average molecular weight is 453 g/mol. The number of aromatic nitrogens is 1. The third-order valence-electron chi connectivity index (χ3n) is 3.65. The zero-order valence-corrected chi connectivity index (χ0v) is 17.3. The minimum absolute atomic E-state index is 0.0376. The lowest BCUT2D eigenvalue weighted by atomic mass is 9.96. The standard InChI is InChI=1S/C20H19BrClNO2S/c1-26-18(21)7-3-2-6-17(20(25)15-5-4-12-23-13-15)19(24)14-8-10-16(22)11-9-14/h2-5,7-13,20,24-25H,6H2,1H3/b3-2+,18-7-,19-17+. The van der Waals surface area contributed by atoms with Crippen molar-refractivity contribution in [1.29, 1.82) is 0 Å². The number of halogens is 2. The summed E-state index contributed by atoms with van der Waals surface area (Å²) in [6, 6.07) is 10.4. The van der Waals surface area contributed by atoms with Crippen molar-refractivity contribution < 1.29 is 10.2 Å². The van der Waals surface area contributed by atoms with E-state index >= 15 is 0 Å². The van der Waals surface area contributed by atoms with Gasteiger partial charge in [0.25, 0.3) is 0 Å². The van der Waals surface area contributed by atoms with Gasteiger partial charge in [0, 0.05) is 37.9 Å². The Balaban J connectivity index is 2.37. The molecule has 136 valence electrons. The van der Waals surface area contributed by atoms with E-state index < -0.39 is 6.10 Å². The van der Waals surface area contributed by atoms with Crippen molar-refractivity contribution in [1.82, 2.24) is 4.98 Å². The second-order valence-electron chi connectivity index (χ2n) is 5.38. The van der Waals surface area contributed by atoms with Crippen LogP contribution in [0.4, 0.5) is 0 Å². The molecule has 0 bridgehead atoms. The molecule has 1 heterocycles. The molecule has 1 aromatic carbocycles. The maximum atomic E-state index is 10.8. The van der Waals surface area contributed by atoms with Gasteiger partial charge in [0.15, 0.2) is 0 Å². The van der Waals surface area contributed by atoms with Crippen molar-refractivity contribution in [2.24, 2.45) is 0 Å². The van der Waals surface area contributed by atoms with Gasteiger partial charge in [-0.1, -0.05) is 29.8 Å². The van der Waals surface area contributed by atoms with Gasteiger partial charge in [-0.05, 0) is 65.0 Å². The molecule has 1 aromatic heterocycles. The summed E-state index contributed by atoms with van der Waals surface area (Å²) >= 11 is 10.9. The Kier molecular flexibility index (Phi) is 8.45. The van der Waals surface area contributed by atoms with Crippen molar-refractivity contribution >= 4 is 45.1 Å². The number of benzene rings is 1. The van der Waals surface area contributed by atoms with Crippen molar-refractivity contribution in [2.45, 2.75) is 12.5 Å². The Morgan fingerprint density at radius 2 is 2.04 bits per heavy atom. The molecule has 2 aromatic rings. The monoisotopic (exact) mass is 451 g/mol. The van der Waals surface area contributed by atoms with Crippen LogP contribution >= 0.6 is 39.3 Å². The number of pyridine rings is 1. The van der Waals surface area contributed by atoms with Crippen LogP contribution in [-0.2, 0) is 0 Å². The predicted molar refractivity (Wildman–Crippen MR) is 114 cm³/mol. The van der Waals surface area contributed by atoms with Gasteiger partial charge >= 0.3 is 0 Å². The van der Waals surface area contributed by atoms with Crippen LogP contribution in [-0.4, -0.2) is 21.5 Å². The number of hydrogen-bond acceptors (Lipinski definition) is 4. The molecule has 0 aliphatic heterocycles. The molecule has 6 heteroatoms. The van der Waals surface area contributed by atoms with Crippen LogP contribution in [0.25, 0.3) is 5.76 Å². The minimum atomic E-state index is -0.961. The molecule has 1 atom stereocenters. The van der Waals surface area contributed by atoms with Crippen molar-refractivity contribution in [3.8, 4) is 0 Å². The Morgan fingerprint density at radius 1 is 1.31 bits per heavy atom. The normalized spacial score (nSPS) is 14.4. The molecule has 3 nitrogen and oxygen atoms in total. The molecule has 2 N–H and O–H groups in total. The van der Waals surface area contributed by atoms with Crippen LogP contribution in [0.3, 0.4) is 0 Å². The number of allylic oxidation sites excluding steroid dienone is 3. The van der Waals surface area contributed by atoms with Crippen LogP contribution < -0.4 is 0 Å². The molecule has 0 saturated heterocycles. The highest BCUT2D eigenvalue weighted by Crippen LogP contribution is 2.31. The van der Waals surface area contributed by atoms with Gasteiger partial charge in [-0.2, -0.15) is 0 Å². The first-order valence-electron chi connectivity index (χ1n) is 7.85. The van der Waals surface area contributed by atoms with Gasteiger partial charge in [-0.3, -0.25) is 4.98 Å². The molecule has 26 heavy (non-hydrogen) atoms. The molecule has 0 fully saturated rings. The fourth-order valence-corrected chi connectivity index (χ4v) is 2.77. The highest BCUT2D eigenvalue weighted by molar-refractivity contribution is 9.14. The lowest BCUT2D eigenvalue weighted by Gasteiger charge is -2.16. The Morgan fingerprint density at radius 3 is 2.65 bits per heavy atom. The zero-order valence-electron chi connectivity index (χ0n) is 14.1. The van der Waals surface area contributed by atoms with E-state index in [0.717, 1.165) is 3.81 Å². The van der Waals surface area contributed by atoms with Crippen LogP contribution in [0, 0.1) is 0 Å². The summed E-state index contributed by atoms with van der Waals surface area (Å²) in [7, 11) is 0. The molecule has 0 aliphatic rings. The number of rotatable bonds is 7. The van der Waals surface area contributed by atoms with Gasteiger partial charge < -0.3 is 10.2 Å². The fraction of sp³-hybridized carbons (Fsp3) is 0.150. The molecule has 0 amide bonds. The maximum Gasteiger partial charge on any atom is 0.125 e. The van der Waals surface area contributed by atoms with Crippen molar-refractivity contribution in [2.75, 3.05) is 6.26 Å². The van der Waals surface area contributed by atoms with Crippen molar-refractivity contribution in [3.63, 3.8) is 0 Å². The third-order valence-corrected chi connectivity index (χ3v) is 5.66. The first-order valence-corrected chi connectivity index (χ1v) is 10.2. The lowest BCUT2D eigenvalue weighted by molar-refractivity contribution is 0.210. The first-order chi connectivity index (χ1) is 12.5. The van der Waals surface area contributed by atoms with Gasteiger partial charge in [-0.15, -0.1) is 11.8 Å². The SMILES string of the molecule is CS/C(Br)=C\C=C\C/C(=C(\O)c1ccc(Cl)cc1)C(O)c1cccnc1. The van der Waals surface area contributed by atoms with Gasteiger partial charge in [0.2, 0.25) is 0 Å². The topological polar surface area (TPSA) is 53.4 Å². The van der Waals surface area contributed by atoms with Gasteiger partial charge in [0.1, 0.15) is 11.9 Å². The molecule has 1 unspecified atom stereocenters. The van der Waals surface area contributed by atoms with Gasteiger partial charge in [-0.25, -0.2) is 0 Å². The molecule has 0 aliphatic carbocycles. The largest absolute Gasteiger partial charge is 0.507 e. The molecular formula is C20H19BrClNO2S. The summed E-state index contributed by atoms with van der Waals surface area (Å²) in [5, 5.41) is 22.1. The van der Waals surface area contributed by atoms with E-state index in [0.29, 0.717) is 28.1 Å². The highest BCUT2D eigenvalue weighted by Gasteiger charge is 2.18. The second kappa shape index (κ2) is 10.6. The van der Waals surface area contributed by atoms with E-state index in [1.807, 2.05) is 24.5 Å².